The largest absolute Gasteiger partial charge is 0.353 e. The highest BCUT2D eigenvalue weighted by Crippen LogP contribution is 2.29. The van der Waals surface area contributed by atoms with Crippen LogP contribution in [0.5, 0.6) is 0 Å². The van der Waals surface area contributed by atoms with Gasteiger partial charge in [0, 0.05) is 17.6 Å². The predicted octanol–water partition coefficient (Wildman–Crippen LogP) is 2.00. The first kappa shape index (κ1) is 15.8. The van der Waals surface area contributed by atoms with Gasteiger partial charge in [-0.2, -0.15) is 4.31 Å². The van der Waals surface area contributed by atoms with Crippen LogP contribution in [0.2, 0.25) is 5.02 Å². The van der Waals surface area contributed by atoms with Crippen molar-refractivity contribution >= 4 is 43.5 Å². The monoisotopic (exact) mass is 380 g/mol. The molecule has 20 heavy (non-hydrogen) atoms. The Labute approximate surface area is 131 Å². The van der Waals surface area contributed by atoms with Gasteiger partial charge in [-0.3, -0.25) is 4.79 Å². The topological polar surface area (TPSA) is 66.5 Å². The molecule has 0 saturated carbocycles. The second-order valence-corrected chi connectivity index (χ2v) is 7.59. The maximum absolute atomic E-state index is 12.7. The minimum atomic E-state index is -3.78. The van der Waals surface area contributed by atoms with Gasteiger partial charge in [0.25, 0.3) is 0 Å². The first-order valence-electron chi connectivity index (χ1n) is 6.12. The van der Waals surface area contributed by atoms with Crippen LogP contribution in [0.4, 0.5) is 0 Å². The molecule has 0 radical (unpaired) electrons. The zero-order valence-electron chi connectivity index (χ0n) is 10.8. The number of sulfonamides is 1. The van der Waals surface area contributed by atoms with Crippen LogP contribution in [0.15, 0.2) is 27.6 Å². The maximum Gasteiger partial charge on any atom is 0.245 e. The number of nitrogens with one attached hydrogen (secondary N) is 1. The molecule has 1 aromatic rings. The Kier molecular flexibility index (Phi) is 4.73. The number of halogens is 2. The third kappa shape index (κ3) is 2.86. The van der Waals surface area contributed by atoms with Gasteiger partial charge in [-0.15, -0.1) is 0 Å². The summed E-state index contributed by atoms with van der Waals surface area (Å²) in [4.78, 5) is 11.8. The fraction of sp³-hybridized carbons (Fsp3) is 0.417. The van der Waals surface area contributed by atoms with E-state index < -0.39 is 16.1 Å². The Morgan fingerprint density at radius 2 is 2.20 bits per heavy atom. The van der Waals surface area contributed by atoms with Crippen LogP contribution in [-0.4, -0.2) is 37.8 Å². The second kappa shape index (κ2) is 6.01. The van der Waals surface area contributed by atoms with Gasteiger partial charge in [-0.1, -0.05) is 34.5 Å². The second-order valence-electron chi connectivity index (χ2n) is 4.41. The molecule has 1 aliphatic rings. The first-order valence-corrected chi connectivity index (χ1v) is 8.73. The summed E-state index contributed by atoms with van der Waals surface area (Å²) in [6.45, 7) is 2.34. The van der Waals surface area contributed by atoms with Gasteiger partial charge in [0.15, 0.2) is 0 Å². The lowest BCUT2D eigenvalue weighted by molar-refractivity contribution is -0.126. The zero-order chi connectivity index (χ0) is 14.9. The number of benzene rings is 1. The molecule has 1 atom stereocenters. The lowest BCUT2D eigenvalue weighted by Crippen LogP contribution is -2.56. The van der Waals surface area contributed by atoms with Crippen molar-refractivity contribution in [3.8, 4) is 0 Å². The summed E-state index contributed by atoms with van der Waals surface area (Å²) in [7, 11) is -3.78. The third-order valence-corrected chi connectivity index (χ3v) is 6.03. The van der Waals surface area contributed by atoms with Crippen molar-refractivity contribution in [1.29, 1.82) is 0 Å². The molecule has 110 valence electrons. The number of nitrogens with zero attached hydrogens (tertiary/aromatic N) is 1. The molecule has 1 heterocycles. The molecular weight excluding hydrogens is 368 g/mol. The quantitative estimate of drug-likeness (QED) is 0.871. The van der Waals surface area contributed by atoms with E-state index in [4.69, 9.17) is 11.6 Å². The van der Waals surface area contributed by atoms with Gasteiger partial charge in [0.1, 0.15) is 10.9 Å². The molecule has 1 aromatic carbocycles. The summed E-state index contributed by atoms with van der Waals surface area (Å²) < 4.78 is 27.3. The molecule has 0 aliphatic carbocycles. The Balaban J connectivity index is 2.45. The van der Waals surface area contributed by atoms with Crippen molar-refractivity contribution in [1.82, 2.24) is 9.62 Å². The van der Waals surface area contributed by atoms with Crippen molar-refractivity contribution in [2.75, 3.05) is 13.1 Å². The van der Waals surface area contributed by atoms with Gasteiger partial charge < -0.3 is 5.32 Å². The van der Waals surface area contributed by atoms with Crippen molar-refractivity contribution in [2.45, 2.75) is 24.3 Å². The third-order valence-electron chi connectivity index (χ3n) is 3.15. The van der Waals surface area contributed by atoms with E-state index >= 15 is 0 Å². The molecule has 1 unspecified atom stereocenters. The summed E-state index contributed by atoms with van der Waals surface area (Å²) in [5.41, 5.74) is 0. The van der Waals surface area contributed by atoms with Crippen LogP contribution in [0.3, 0.4) is 0 Å². The summed E-state index contributed by atoms with van der Waals surface area (Å²) in [5, 5.41) is 2.81. The summed E-state index contributed by atoms with van der Waals surface area (Å²) in [5.74, 6) is -0.268. The lowest BCUT2D eigenvalue weighted by Gasteiger charge is -2.33. The van der Waals surface area contributed by atoms with Crippen molar-refractivity contribution < 1.29 is 13.2 Å². The molecule has 1 N–H and O–H groups in total. The van der Waals surface area contributed by atoms with Crippen molar-refractivity contribution in [3.05, 3.63) is 27.7 Å². The van der Waals surface area contributed by atoms with Gasteiger partial charge in [-0.05, 0) is 24.6 Å². The minimum absolute atomic E-state index is 0.0236. The van der Waals surface area contributed by atoms with E-state index in [0.29, 0.717) is 17.4 Å². The van der Waals surface area contributed by atoms with Gasteiger partial charge in [0.2, 0.25) is 15.9 Å². The summed E-state index contributed by atoms with van der Waals surface area (Å²) in [6.07, 6.45) is 0.416. The standard InChI is InChI=1S/C12H14BrClN2O3S/c1-2-10-12(17)15-5-6-16(10)20(18,19)11-4-3-8(13)7-9(11)14/h3-4,7,10H,2,5-6H2,1H3,(H,15,17). The van der Waals surface area contributed by atoms with Crippen LogP contribution in [-0.2, 0) is 14.8 Å². The molecule has 1 amide bonds. The number of rotatable bonds is 3. The number of hydrogen-bond acceptors (Lipinski definition) is 3. The van der Waals surface area contributed by atoms with E-state index in [1.807, 2.05) is 0 Å². The Hall–Kier alpha value is -0.630. The van der Waals surface area contributed by atoms with Crippen LogP contribution >= 0.6 is 27.5 Å². The first-order chi connectivity index (χ1) is 9.37. The predicted molar refractivity (Wildman–Crippen MR) is 80.1 cm³/mol. The molecule has 1 aliphatic heterocycles. The highest BCUT2D eigenvalue weighted by Gasteiger charge is 2.38. The average molecular weight is 382 g/mol. The Morgan fingerprint density at radius 3 is 2.80 bits per heavy atom. The molecular formula is C12H14BrClN2O3S. The fourth-order valence-corrected chi connectivity index (χ4v) is 4.86. The smallest absolute Gasteiger partial charge is 0.245 e. The molecule has 2 rings (SSSR count). The number of carbonyl (C=O) groups is 1. The Morgan fingerprint density at radius 1 is 1.50 bits per heavy atom. The highest BCUT2D eigenvalue weighted by molar-refractivity contribution is 9.10. The average Bonchev–Trinajstić information content (AvgIpc) is 2.37. The molecule has 1 saturated heterocycles. The number of hydrogen-bond donors (Lipinski definition) is 1. The molecule has 5 nitrogen and oxygen atoms in total. The SMILES string of the molecule is CCC1C(=O)NCCN1S(=O)(=O)c1ccc(Br)cc1Cl. The van der Waals surface area contributed by atoms with Gasteiger partial charge in [-0.25, -0.2) is 8.42 Å². The number of carbonyl (C=O) groups excluding carboxylic acids is 1. The van der Waals surface area contributed by atoms with Gasteiger partial charge >= 0.3 is 0 Å². The van der Waals surface area contributed by atoms with Crippen LogP contribution < -0.4 is 5.32 Å². The lowest BCUT2D eigenvalue weighted by atomic mass is 10.2. The van der Waals surface area contributed by atoms with E-state index in [1.54, 1.807) is 13.0 Å². The van der Waals surface area contributed by atoms with Gasteiger partial charge in [0.05, 0.1) is 5.02 Å². The van der Waals surface area contributed by atoms with Crippen molar-refractivity contribution in [3.63, 3.8) is 0 Å². The number of piperazine rings is 1. The molecule has 0 spiro atoms. The van der Waals surface area contributed by atoms with Crippen LogP contribution in [0, 0.1) is 0 Å². The fourth-order valence-electron chi connectivity index (χ4n) is 2.18. The maximum atomic E-state index is 12.7. The highest BCUT2D eigenvalue weighted by atomic mass is 79.9. The van der Waals surface area contributed by atoms with Crippen LogP contribution in [0.1, 0.15) is 13.3 Å². The summed E-state index contributed by atoms with van der Waals surface area (Å²) in [6, 6.07) is 3.90. The summed E-state index contributed by atoms with van der Waals surface area (Å²) >= 11 is 9.26. The van der Waals surface area contributed by atoms with E-state index in [9.17, 15) is 13.2 Å². The number of amides is 1. The van der Waals surface area contributed by atoms with E-state index in [0.717, 1.165) is 0 Å². The molecule has 0 bridgehead atoms. The molecule has 8 heteroatoms. The minimum Gasteiger partial charge on any atom is -0.353 e. The Bertz CT molecular complexity index is 636. The zero-order valence-corrected chi connectivity index (χ0v) is 13.9. The van der Waals surface area contributed by atoms with E-state index in [1.165, 1.54) is 16.4 Å². The van der Waals surface area contributed by atoms with Crippen molar-refractivity contribution in [2.24, 2.45) is 0 Å². The van der Waals surface area contributed by atoms with E-state index in [-0.39, 0.29) is 22.4 Å². The van der Waals surface area contributed by atoms with E-state index in [2.05, 4.69) is 21.2 Å². The molecule has 0 aromatic heterocycles. The van der Waals surface area contributed by atoms with Crippen LogP contribution in [0.25, 0.3) is 0 Å². The molecule has 1 fully saturated rings. The normalized spacial score (nSPS) is 20.8.